The Morgan fingerprint density at radius 2 is 1.64 bits per heavy atom. The normalized spacial score (nSPS) is 38.6. The number of rotatable bonds is 4. The molecule has 4 heterocycles. The molecule has 5 rings (SSSR count). The Kier molecular flexibility index (Phi) is 3.57. The van der Waals surface area contributed by atoms with Crippen molar-refractivity contribution in [1.82, 2.24) is 9.80 Å². The van der Waals surface area contributed by atoms with E-state index in [1.807, 2.05) is 12.1 Å². The van der Waals surface area contributed by atoms with Gasteiger partial charge in [0.1, 0.15) is 5.56 Å². The molecule has 0 unspecified atom stereocenters. The fraction of sp³-hybridized carbons (Fsp3) is 0.632. The van der Waals surface area contributed by atoms with Gasteiger partial charge in [-0.15, -0.1) is 0 Å². The van der Waals surface area contributed by atoms with Gasteiger partial charge in [-0.1, -0.05) is 19.9 Å². The molecule has 0 radical (unpaired) electrons. The first-order valence-electron chi connectivity index (χ1n) is 8.75. The zero-order valence-electron chi connectivity index (χ0n) is 15.3. The molecule has 4 fully saturated rings. The van der Waals surface area contributed by atoms with Gasteiger partial charge in [0, 0.05) is 31.7 Å². The third-order valence-corrected chi connectivity index (χ3v) is 5.95. The summed E-state index contributed by atoms with van der Waals surface area (Å²) >= 11 is 0. The van der Waals surface area contributed by atoms with E-state index in [2.05, 4.69) is 23.6 Å². The fourth-order valence-corrected chi connectivity index (χ4v) is 5.78. The fourth-order valence-electron chi connectivity index (χ4n) is 5.78. The summed E-state index contributed by atoms with van der Waals surface area (Å²) < 4.78 is 10.7. The first-order chi connectivity index (χ1) is 11.8. The lowest BCUT2D eigenvalue weighted by Gasteiger charge is -2.66. The van der Waals surface area contributed by atoms with Crippen molar-refractivity contribution in [2.24, 2.45) is 10.8 Å². The summed E-state index contributed by atoms with van der Waals surface area (Å²) in [4.78, 5) is 17.0. The van der Waals surface area contributed by atoms with E-state index in [0.717, 1.165) is 31.7 Å². The molecule has 6 heteroatoms. The maximum atomic E-state index is 12.1. The predicted octanol–water partition coefficient (Wildman–Crippen LogP) is 2.45. The monoisotopic (exact) mass is 346 g/mol. The Labute approximate surface area is 148 Å². The smallest absolute Gasteiger partial charge is 0.340 e. The molecule has 4 saturated heterocycles. The Bertz CT molecular complexity index is 696. The summed E-state index contributed by atoms with van der Waals surface area (Å²) in [6.07, 6.45) is 1.24. The maximum Gasteiger partial charge on any atom is 0.340 e. The molecule has 136 valence electrons. The molecular formula is C19H26N2O4. The van der Waals surface area contributed by atoms with Crippen molar-refractivity contribution in [3.05, 3.63) is 23.3 Å². The highest BCUT2D eigenvalue weighted by atomic mass is 16.5. The van der Waals surface area contributed by atoms with E-state index in [0.29, 0.717) is 22.3 Å². The third kappa shape index (κ3) is 2.42. The van der Waals surface area contributed by atoms with E-state index in [1.165, 1.54) is 20.6 Å². The van der Waals surface area contributed by atoms with Gasteiger partial charge in [0.25, 0.3) is 0 Å². The molecule has 0 aromatic heterocycles. The van der Waals surface area contributed by atoms with Gasteiger partial charge in [-0.2, -0.15) is 0 Å². The quantitative estimate of drug-likeness (QED) is 0.904. The highest BCUT2D eigenvalue weighted by Gasteiger charge is 2.56. The zero-order valence-corrected chi connectivity index (χ0v) is 15.3. The summed E-state index contributed by atoms with van der Waals surface area (Å²) in [6, 6.07) is 3.71. The van der Waals surface area contributed by atoms with Crippen molar-refractivity contribution in [2.75, 3.05) is 40.4 Å². The molecule has 0 spiro atoms. The molecule has 25 heavy (non-hydrogen) atoms. The van der Waals surface area contributed by atoms with E-state index in [-0.39, 0.29) is 11.7 Å². The number of ether oxygens (including phenoxy) is 2. The molecule has 1 N–H and O–H groups in total. The first kappa shape index (κ1) is 16.7. The molecule has 4 bridgehead atoms. The number of carboxylic acids is 1. The van der Waals surface area contributed by atoms with Gasteiger partial charge in [-0.05, 0) is 23.3 Å². The van der Waals surface area contributed by atoms with E-state index < -0.39 is 5.97 Å². The van der Waals surface area contributed by atoms with Crippen LogP contribution in [0.25, 0.3) is 0 Å². The van der Waals surface area contributed by atoms with Crippen LogP contribution in [0.5, 0.6) is 11.5 Å². The molecule has 0 atom stereocenters. The molecule has 4 aliphatic rings. The number of aromatic carboxylic acids is 1. The minimum Gasteiger partial charge on any atom is -0.493 e. The second-order valence-corrected chi connectivity index (χ2v) is 8.55. The summed E-state index contributed by atoms with van der Waals surface area (Å²) in [5.74, 6) is -0.211. The van der Waals surface area contributed by atoms with Crippen LogP contribution >= 0.6 is 0 Å². The summed E-state index contributed by atoms with van der Waals surface area (Å²) in [5, 5.41) is 9.88. The van der Waals surface area contributed by atoms with Crippen LogP contribution in [0.1, 0.15) is 42.4 Å². The number of methoxy groups -OCH3 is 2. The SMILES string of the molecule is COc1ccc(C2N3CC4(C)CN2CC(C)(C3)C4)c(C(=O)O)c1OC. The number of hydrogen-bond donors (Lipinski definition) is 1. The number of piperidine rings is 2. The van der Waals surface area contributed by atoms with Crippen LogP contribution in [0.15, 0.2) is 12.1 Å². The largest absolute Gasteiger partial charge is 0.493 e. The molecule has 1 aromatic carbocycles. The second kappa shape index (κ2) is 5.35. The molecule has 4 aliphatic heterocycles. The van der Waals surface area contributed by atoms with Crippen molar-refractivity contribution < 1.29 is 19.4 Å². The van der Waals surface area contributed by atoms with E-state index in [4.69, 9.17) is 9.47 Å². The van der Waals surface area contributed by atoms with Gasteiger partial charge >= 0.3 is 5.97 Å². The van der Waals surface area contributed by atoms with Crippen LogP contribution in [0.2, 0.25) is 0 Å². The van der Waals surface area contributed by atoms with Gasteiger partial charge in [-0.25, -0.2) is 4.79 Å². The summed E-state index contributed by atoms with van der Waals surface area (Å²) in [7, 11) is 3.02. The lowest BCUT2D eigenvalue weighted by Crippen LogP contribution is -2.70. The second-order valence-electron chi connectivity index (χ2n) is 8.55. The molecule has 0 saturated carbocycles. The molecule has 0 aliphatic carbocycles. The summed E-state index contributed by atoms with van der Waals surface area (Å²) in [5.41, 5.74) is 1.61. The molecule has 0 amide bonds. The van der Waals surface area contributed by atoms with Crippen LogP contribution in [0, 0.1) is 10.8 Å². The molecule has 6 nitrogen and oxygen atoms in total. The summed E-state index contributed by atoms with van der Waals surface area (Å²) in [6.45, 7) is 8.75. The average molecular weight is 346 g/mol. The highest BCUT2D eigenvalue weighted by molar-refractivity contribution is 5.94. The van der Waals surface area contributed by atoms with Crippen LogP contribution in [0.3, 0.4) is 0 Å². The minimum absolute atomic E-state index is 0.00708. The standard InChI is InChI=1S/C19H26N2O4/c1-18-7-19(2)10-20(8-18)16(21(9-18)11-19)12-5-6-13(24-3)15(25-4)14(12)17(22)23/h5-6,16H,7-11H2,1-4H3,(H,22,23). The maximum absolute atomic E-state index is 12.1. The van der Waals surface area contributed by atoms with Crippen molar-refractivity contribution in [3.63, 3.8) is 0 Å². The molecular weight excluding hydrogens is 320 g/mol. The van der Waals surface area contributed by atoms with Crippen molar-refractivity contribution in [1.29, 1.82) is 0 Å². The Morgan fingerprint density at radius 3 is 2.08 bits per heavy atom. The highest BCUT2D eigenvalue weighted by Crippen LogP contribution is 2.55. The van der Waals surface area contributed by atoms with Crippen molar-refractivity contribution >= 4 is 5.97 Å². The Hall–Kier alpha value is -1.79. The predicted molar refractivity (Wildman–Crippen MR) is 93.2 cm³/mol. The Morgan fingerprint density at radius 1 is 1.08 bits per heavy atom. The lowest BCUT2D eigenvalue weighted by atomic mass is 9.63. The topological polar surface area (TPSA) is 62.2 Å². The average Bonchev–Trinajstić information content (AvgIpc) is 2.50. The third-order valence-electron chi connectivity index (χ3n) is 5.95. The number of carboxylic acid groups (broad SMARTS) is 1. The van der Waals surface area contributed by atoms with E-state index >= 15 is 0 Å². The number of nitrogens with zero attached hydrogens (tertiary/aromatic N) is 2. The van der Waals surface area contributed by atoms with Gasteiger partial charge in [-0.3, -0.25) is 9.80 Å². The van der Waals surface area contributed by atoms with Crippen molar-refractivity contribution in [2.45, 2.75) is 26.4 Å². The van der Waals surface area contributed by atoms with E-state index in [1.54, 1.807) is 0 Å². The van der Waals surface area contributed by atoms with Gasteiger partial charge in [0.05, 0.1) is 20.4 Å². The first-order valence-corrected chi connectivity index (χ1v) is 8.75. The van der Waals surface area contributed by atoms with Gasteiger partial charge in [0.2, 0.25) is 0 Å². The number of carbonyl (C=O) groups is 1. The van der Waals surface area contributed by atoms with Crippen molar-refractivity contribution in [3.8, 4) is 11.5 Å². The van der Waals surface area contributed by atoms with Crippen LogP contribution in [0.4, 0.5) is 0 Å². The van der Waals surface area contributed by atoms with Crippen LogP contribution in [-0.4, -0.2) is 61.3 Å². The number of hydrogen-bond acceptors (Lipinski definition) is 5. The van der Waals surface area contributed by atoms with E-state index in [9.17, 15) is 9.90 Å². The van der Waals surface area contributed by atoms with Gasteiger partial charge in [0.15, 0.2) is 11.5 Å². The number of benzene rings is 1. The van der Waals surface area contributed by atoms with Gasteiger partial charge < -0.3 is 14.6 Å². The van der Waals surface area contributed by atoms with Crippen LogP contribution < -0.4 is 9.47 Å². The lowest BCUT2D eigenvalue weighted by molar-refractivity contribution is -0.194. The molecule has 1 aromatic rings. The minimum atomic E-state index is -0.973. The van der Waals surface area contributed by atoms with Crippen LogP contribution in [-0.2, 0) is 0 Å². The zero-order chi connectivity index (χ0) is 18.0. The Balaban J connectivity index is 1.82.